The highest BCUT2D eigenvalue weighted by molar-refractivity contribution is 5.37. The van der Waals surface area contributed by atoms with Crippen LogP contribution in [0.1, 0.15) is 30.3 Å². The smallest absolute Gasteiger partial charge is 0.188 e. The predicted molar refractivity (Wildman–Crippen MR) is 60.2 cm³/mol. The molecule has 0 fully saturated rings. The lowest BCUT2D eigenvalue weighted by Crippen LogP contribution is -2.04. The summed E-state index contributed by atoms with van der Waals surface area (Å²) in [6.07, 6.45) is 2.14. The van der Waals surface area contributed by atoms with Gasteiger partial charge in [-0.05, 0) is 31.9 Å². The summed E-state index contributed by atoms with van der Waals surface area (Å²) in [4.78, 5) is 4.50. The van der Waals surface area contributed by atoms with Gasteiger partial charge in [0.25, 0.3) is 0 Å². The lowest BCUT2D eigenvalue weighted by Gasteiger charge is -2.12. The number of nitrogens with zero attached hydrogens (tertiary/aromatic N) is 1. The second-order valence-electron chi connectivity index (χ2n) is 3.65. The Hall–Kier alpha value is -1.09. The molecule has 0 aliphatic carbocycles. The van der Waals surface area contributed by atoms with Crippen LogP contribution < -0.4 is 4.74 Å². The SMILES string of the molecule is CCCc1cc(C)c(OCOC)c(C)n1. The van der Waals surface area contributed by atoms with Crippen LogP contribution >= 0.6 is 0 Å². The first-order valence-corrected chi connectivity index (χ1v) is 5.27. The van der Waals surface area contributed by atoms with Crippen molar-refractivity contribution in [1.29, 1.82) is 0 Å². The second-order valence-corrected chi connectivity index (χ2v) is 3.65. The van der Waals surface area contributed by atoms with E-state index in [2.05, 4.69) is 18.0 Å². The summed E-state index contributed by atoms with van der Waals surface area (Å²) in [5.74, 6) is 0.844. The summed E-state index contributed by atoms with van der Waals surface area (Å²) in [6, 6.07) is 2.08. The fourth-order valence-electron chi connectivity index (χ4n) is 1.62. The van der Waals surface area contributed by atoms with Crippen LogP contribution in [0.2, 0.25) is 0 Å². The number of aromatic nitrogens is 1. The molecule has 15 heavy (non-hydrogen) atoms. The Morgan fingerprint density at radius 2 is 2.07 bits per heavy atom. The quantitative estimate of drug-likeness (QED) is 0.698. The molecule has 0 bridgehead atoms. The van der Waals surface area contributed by atoms with Crippen LogP contribution in [0.5, 0.6) is 5.75 Å². The van der Waals surface area contributed by atoms with Gasteiger partial charge in [-0.3, -0.25) is 4.98 Å². The highest BCUT2D eigenvalue weighted by Gasteiger charge is 2.07. The van der Waals surface area contributed by atoms with Crippen LogP contribution in [0, 0.1) is 13.8 Å². The van der Waals surface area contributed by atoms with Gasteiger partial charge < -0.3 is 9.47 Å². The van der Waals surface area contributed by atoms with E-state index in [1.165, 1.54) is 0 Å². The summed E-state index contributed by atoms with van der Waals surface area (Å²) < 4.78 is 10.3. The Labute approximate surface area is 91.4 Å². The van der Waals surface area contributed by atoms with Gasteiger partial charge in [-0.2, -0.15) is 0 Å². The van der Waals surface area contributed by atoms with Crippen molar-refractivity contribution < 1.29 is 9.47 Å². The third-order valence-electron chi connectivity index (χ3n) is 2.21. The first-order valence-electron chi connectivity index (χ1n) is 5.27. The summed E-state index contributed by atoms with van der Waals surface area (Å²) in [5.41, 5.74) is 3.20. The number of ether oxygens (including phenoxy) is 2. The van der Waals surface area contributed by atoms with Gasteiger partial charge in [0, 0.05) is 12.8 Å². The molecular formula is C12H19NO2. The number of methoxy groups -OCH3 is 1. The molecule has 0 spiro atoms. The van der Waals surface area contributed by atoms with Crippen molar-refractivity contribution in [3.8, 4) is 5.75 Å². The van der Waals surface area contributed by atoms with Crippen LogP contribution in [-0.4, -0.2) is 18.9 Å². The Kier molecular flexibility index (Phi) is 4.56. The minimum Gasteiger partial charge on any atom is -0.465 e. The van der Waals surface area contributed by atoms with Crippen LogP contribution in [-0.2, 0) is 11.2 Å². The number of rotatable bonds is 5. The molecule has 1 rings (SSSR count). The maximum absolute atomic E-state index is 5.47. The topological polar surface area (TPSA) is 31.4 Å². The standard InChI is InChI=1S/C12H19NO2/c1-5-6-11-7-9(2)12(10(3)13-11)15-8-14-4/h7H,5-6,8H2,1-4H3. The monoisotopic (exact) mass is 209 g/mol. The molecule has 1 heterocycles. The van der Waals surface area contributed by atoms with E-state index in [1.54, 1.807) is 7.11 Å². The molecular weight excluding hydrogens is 190 g/mol. The molecule has 0 atom stereocenters. The van der Waals surface area contributed by atoms with Crippen molar-refractivity contribution in [2.75, 3.05) is 13.9 Å². The summed E-state index contributed by atoms with van der Waals surface area (Å²) in [5, 5.41) is 0. The van der Waals surface area contributed by atoms with Gasteiger partial charge in [-0.1, -0.05) is 13.3 Å². The van der Waals surface area contributed by atoms with Crippen LogP contribution in [0.25, 0.3) is 0 Å². The van der Waals surface area contributed by atoms with Gasteiger partial charge in [0.15, 0.2) is 6.79 Å². The number of pyridine rings is 1. The van der Waals surface area contributed by atoms with Crippen molar-refractivity contribution >= 4 is 0 Å². The van der Waals surface area contributed by atoms with Crippen LogP contribution in [0.15, 0.2) is 6.07 Å². The summed E-state index contributed by atoms with van der Waals surface area (Å²) >= 11 is 0. The van der Waals surface area contributed by atoms with E-state index >= 15 is 0 Å². The van der Waals surface area contributed by atoms with E-state index in [9.17, 15) is 0 Å². The Morgan fingerprint density at radius 3 is 2.60 bits per heavy atom. The molecule has 84 valence electrons. The van der Waals surface area contributed by atoms with E-state index in [1.807, 2.05) is 13.8 Å². The highest BCUT2D eigenvalue weighted by Crippen LogP contribution is 2.22. The van der Waals surface area contributed by atoms with Gasteiger partial charge >= 0.3 is 0 Å². The fraction of sp³-hybridized carbons (Fsp3) is 0.583. The number of hydrogen-bond acceptors (Lipinski definition) is 3. The first kappa shape index (κ1) is 12.0. The highest BCUT2D eigenvalue weighted by atomic mass is 16.7. The van der Waals surface area contributed by atoms with E-state index in [0.717, 1.165) is 35.5 Å². The molecule has 0 aliphatic rings. The zero-order valence-electron chi connectivity index (χ0n) is 9.96. The Balaban J connectivity index is 2.88. The zero-order valence-corrected chi connectivity index (χ0v) is 9.96. The van der Waals surface area contributed by atoms with Gasteiger partial charge in [-0.15, -0.1) is 0 Å². The van der Waals surface area contributed by atoms with Crippen molar-refractivity contribution in [1.82, 2.24) is 4.98 Å². The summed E-state index contributed by atoms with van der Waals surface area (Å²) in [7, 11) is 1.61. The molecule has 0 amide bonds. The lowest BCUT2D eigenvalue weighted by molar-refractivity contribution is 0.0498. The molecule has 0 aliphatic heterocycles. The third-order valence-corrected chi connectivity index (χ3v) is 2.21. The fourth-order valence-corrected chi connectivity index (χ4v) is 1.62. The third kappa shape index (κ3) is 3.20. The predicted octanol–water partition coefficient (Wildman–Crippen LogP) is 2.63. The Bertz CT molecular complexity index is 300. The summed E-state index contributed by atoms with van der Waals surface area (Å²) in [6.45, 7) is 6.44. The Morgan fingerprint density at radius 1 is 1.33 bits per heavy atom. The van der Waals surface area contributed by atoms with Crippen molar-refractivity contribution in [2.24, 2.45) is 0 Å². The molecule has 3 heteroatoms. The largest absolute Gasteiger partial charge is 0.465 e. The normalized spacial score (nSPS) is 10.4. The van der Waals surface area contributed by atoms with E-state index in [0.29, 0.717) is 0 Å². The van der Waals surface area contributed by atoms with Crippen molar-refractivity contribution in [3.05, 3.63) is 23.0 Å². The van der Waals surface area contributed by atoms with Crippen LogP contribution in [0.3, 0.4) is 0 Å². The lowest BCUT2D eigenvalue weighted by atomic mass is 10.1. The number of hydrogen-bond donors (Lipinski definition) is 0. The van der Waals surface area contributed by atoms with Crippen LogP contribution in [0.4, 0.5) is 0 Å². The minimum atomic E-state index is 0.274. The van der Waals surface area contributed by atoms with Crippen molar-refractivity contribution in [2.45, 2.75) is 33.6 Å². The van der Waals surface area contributed by atoms with Gasteiger partial charge in [-0.25, -0.2) is 0 Å². The van der Waals surface area contributed by atoms with E-state index in [4.69, 9.17) is 9.47 Å². The zero-order chi connectivity index (χ0) is 11.3. The van der Waals surface area contributed by atoms with Crippen molar-refractivity contribution in [3.63, 3.8) is 0 Å². The van der Waals surface area contributed by atoms with E-state index < -0.39 is 0 Å². The molecule has 0 saturated carbocycles. The minimum absolute atomic E-state index is 0.274. The molecule has 0 saturated heterocycles. The maximum Gasteiger partial charge on any atom is 0.188 e. The molecule has 0 unspecified atom stereocenters. The van der Waals surface area contributed by atoms with E-state index in [-0.39, 0.29) is 6.79 Å². The molecule has 0 N–H and O–H groups in total. The second kappa shape index (κ2) is 5.71. The first-order chi connectivity index (χ1) is 7.19. The number of aryl methyl sites for hydroxylation is 3. The molecule has 0 radical (unpaired) electrons. The van der Waals surface area contributed by atoms with Gasteiger partial charge in [0.1, 0.15) is 5.75 Å². The molecule has 1 aromatic rings. The van der Waals surface area contributed by atoms with Gasteiger partial charge in [0.2, 0.25) is 0 Å². The molecule has 1 aromatic heterocycles. The maximum atomic E-state index is 5.47. The van der Waals surface area contributed by atoms with Gasteiger partial charge in [0.05, 0.1) is 5.69 Å². The molecule has 0 aromatic carbocycles. The molecule has 3 nitrogen and oxygen atoms in total. The average molecular weight is 209 g/mol. The average Bonchev–Trinajstić information content (AvgIpc) is 2.17.